The summed E-state index contributed by atoms with van der Waals surface area (Å²) in [6.45, 7) is 6.70. The Kier molecular flexibility index (Phi) is 12.0. The van der Waals surface area contributed by atoms with Gasteiger partial charge in [0.2, 0.25) is 23.6 Å². The highest BCUT2D eigenvalue weighted by Crippen LogP contribution is 2.21. The van der Waals surface area contributed by atoms with Crippen LogP contribution < -0.4 is 16.0 Å². The van der Waals surface area contributed by atoms with E-state index in [0.717, 1.165) is 11.1 Å². The molecule has 0 saturated carbocycles. The van der Waals surface area contributed by atoms with Gasteiger partial charge >= 0.3 is 0 Å². The van der Waals surface area contributed by atoms with Gasteiger partial charge in [0.25, 0.3) is 0 Å². The molecule has 0 saturated heterocycles. The Balaban J connectivity index is 1.57. The maximum absolute atomic E-state index is 13.8. The van der Waals surface area contributed by atoms with E-state index in [2.05, 4.69) is 26.0 Å². The molecule has 1 aliphatic heterocycles. The first-order valence-corrected chi connectivity index (χ1v) is 15.5. The first-order valence-electron chi connectivity index (χ1n) is 15.5. The van der Waals surface area contributed by atoms with E-state index in [9.17, 15) is 19.2 Å². The molecule has 0 fully saturated rings. The van der Waals surface area contributed by atoms with Crippen molar-refractivity contribution in [3.05, 3.63) is 89.5 Å². The Morgan fingerprint density at radius 3 is 2.36 bits per heavy atom. The highest BCUT2D eigenvalue weighted by Gasteiger charge is 2.29. The summed E-state index contributed by atoms with van der Waals surface area (Å²) in [5, 5.41) is 13.4. The summed E-state index contributed by atoms with van der Waals surface area (Å²) < 4.78 is 1.52. The van der Waals surface area contributed by atoms with Crippen LogP contribution in [0.4, 0.5) is 0 Å². The highest BCUT2D eigenvalue weighted by atomic mass is 16.2. The van der Waals surface area contributed by atoms with E-state index in [0.29, 0.717) is 50.5 Å². The lowest BCUT2D eigenvalue weighted by atomic mass is 10.0. The van der Waals surface area contributed by atoms with Gasteiger partial charge in [-0.1, -0.05) is 74.5 Å². The molecule has 2 aromatic carbocycles. The van der Waals surface area contributed by atoms with Gasteiger partial charge in [-0.05, 0) is 42.9 Å². The second-order valence-electron chi connectivity index (χ2n) is 11.6. The van der Waals surface area contributed by atoms with Crippen molar-refractivity contribution >= 4 is 29.7 Å². The van der Waals surface area contributed by atoms with Gasteiger partial charge in [0.05, 0.1) is 6.04 Å². The van der Waals surface area contributed by atoms with E-state index >= 15 is 0 Å². The predicted molar refractivity (Wildman–Crippen MR) is 171 cm³/mol. The number of hydrogen-bond donors (Lipinski definition) is 3. The number of nitrogens with zero attached hydrogens (tertiary/aromatic N) is 4. The number of benzene rings is 2. The van der Waals surface area contributed by atoms with Gasteiger partial charge in [-0.25, -0.2) is 9.67 Å². The van der Waals surface area contributed by atoms with Crippen LogP contribution in [0.5, 0.6) is 0 Å². The Morgan fingerprint density at radius 1 is 0.956 bits per heavy atom. The average Bonchev–Trinajstić information content (AvgIpc) is 3.38. The average molecular weight is 614 g/mol. The summed E-state index contributed by atoms with van der Waals surface area (Å²) in [6.07, 6.45) is 4.68. The molecule has 2 atom stereocenters. The molecule has 0 spiro atoms. The molecule has 1 aromatic heterocycles. The van der Waals surface area contributed by atoms with Crippen molar-refractivity contribution in [1.29, 1.82) is 0 Å². The van der Waals surface area contributed by atoms with Crippen LogP contribution in [0.25, 0.3) is 6.08 Å². The van der Waals surface area contributed by atoms with Crippen LogP contribution in [0.15, 0.2) is 66.7 Å². The van der Waals surface area contributed by atoms with Crippen molar-refractivity contribution in [3.8, 4) is 0 Å². The summed E-state index contributed by atoms with van der Waals surface area (Å²) in [6, 6.07) is 17.7. The van der Waals surface area contributed by atoms with E-state index in [1.54, 1.807) is 17.9 Å². The second kappa shape index (κ2) is 16.3. The topological polar surface area (TPSA) is 138 Å². The number of amides is 4. The van der Waals surface area contributed by atoms with Crippen LogP contribution >= 0.6 is 0 Å². The van der Waals surface area contributed by atoms with Crippen molar-refractivity contribution in [2.24, 2.45) is 5.92 Å². The van der Waals surface area contributed by atoms with Gasteiger partial charge in [0, 0.05) is 38.6 Å². The molecule has 0 unspecified atom stereocenters. The summed E-state index contributed by atoms with van der Waals surface area (Å²) in [4.78, 5) is 59.3. The molecule has 3 aromatic rings. The SMILES string of the molecule is Cc1nc2n(n1)CC(=O)NCCCN(C(=O)C=Cc1ccccc1)CCCC(=O)N[C@H](Cc1ccccc1)C(=O)N[C@H]2C(C)C. The summed E-state index contributed by atoms with van der Waals surface area (Å²) >= 11 is 0. The number of aryl methyl sites for hydroxylation is 1. The fraction of sp³-hybridized carbons (Fsp3) is 0.412. The Morgan fingerprint density at radius 2 is 1.64 bits per heavy atom. The number of fused-ring (bicyclic) bond motifs is 1. The van der Waals surface area contributed by atoms with E-state index in [1.807, 2.05) is 74.5 Å². The molecule has 4 rings (SSSR count). The summed E-state index contributed by atoms with van der Waals surface area (Å²) in [5.74, 6) is -0.166. The summed E-state index contributed by atoms with van der Waals surface area (Å²) in [5.41, 5.74) is 1.81. The van der Waals surface area contributed by atoms with E-state index < -0.39 is 12.1 Å². The van der Waals surface area contributed by atoms with Crippen LogP contribution in [0.3, 0.4) is 0 Å². The highest BCUT2D eigenvalue weighted by molar-refractivity contribution is 5.92. The normalized spacial score (nSPS) is 19.3. The van der Waals surface area contributed by atoms with E-state index in [4.69, 9.17) is 0 Å². The third-order valence-electron chi connectivity index (χ3n) is 7.57. The molecule has 238 valence electrons. The number of rotatable bonds is 5. The Labute approximate surface area is 264 Å². The molecule has 1 aliphatic rings. The molecule has 0 bridgehead atoms. The van der Waals surface area contributed by atoms with Gasteiger partial charge in [-0.2, -0.15) is 5.10 Å². The fourth-order valence-electron chi connectivity index (χ4n) is 5.22. The lowest BCUT2D eigenvalue weighted by molar-refractivity contribution is -0.130. The van der Waals surface area contributed by atoms with Gasteiger partial charge < -0.3 is 20.9 Å². The molecule has 11 nitrogen and oxygen atoms in total. The van der Waals surface area contributed by atoms with Crippen LogP contribution in [0, 0.1) is 12.8 Å². The molecule has 4 amide bonds. The van der Waals surface area contributed by atoms with E-state index in [-0.39, 0.29) is 42.5 Å². The standard InChI is InChI=1S/C34H43N7O4/c1-24(2)32-33-36-25(3)39-41(33)23-30(43)35-19-11-21-40(31(44)18-17-26-12-6-4-7-13-26)20-10-16-29(42)37-28(34(45)38-32)22-27-14-8-5-9-15-27/h4-9,12-15,17-18,24,28,32H,10-11,16,19-23H2,1-3H3,(H,35,43)(H,37,42)(H,38,45)/t28-,32+/m1/s1. The molecule has 45 heavy (non-hydrogen) atoms. The van der Waals surface area contributed by atoms with Gasteiger partial charge in [-0.15, -0.1) is 0 Å². The smallest absolute Gasteiger partial charge is 0.246 e. The quantitative estimate of drug-likeness (QED) is 0.379. The Hall–Kier alpha value is -4.80. The largest absolute Gasteiger partial charge is 0.354 e. The Bertz CT molecular complexity index is 1470. The minimum Gasteiger partial charge on any atom is -0.354 e. The zero-order valence-corrected chi connectivity index (χ0v) is 26.2. The van der Waals surface area contributed by atoms with Crippen molar-refractivity contribution < 1.29 is 19.2 Å². The maximum atomic E-state index is 13.8. The molecule has 0 aliphatic carbocycles. The number of carbonyl (C=O) groups is 4. The van der Waals surface area contributed by atoms with Gasteiger partial charge in [-0.3, -0.25) is 19.2 Å². The van der Waals surface area contributed by atoms with Crippen molar-refractivity contribution in [3.63, 3.8) is 0 Å². The molecular weight excluding hydrogens is 570 g/mol. The lowest BCUT2D eigenvalue weighted by Crippen LogP contribution is -2.50. The van der Waals surface area contributed by atoms with Crippen molar-refractivity contribution in [2.45, 2.75) is 65.1 Å². The monoisotopic (exact) mass is 613 g/mol. The van der Waals surface area contributed by atoms with Gasteiger partial charge in [0.1, 0.15) is 18.4 Å². The third-order valence-corrected chi connectivity index (χ3v) is 7.57. The van der Waals surface area contributed by atoms with Gasteiger partial charge in [0.15, 0.2) is 5.82 Å². The molecule has 2 heterocycles. The molecule has 3 N–H and O–H groups in total. The minimum atomic E-state index is -0.840. The number of carbonyl (C=O) groups excluding carboxylic acids is 4. The summed E-state index contributed by atoms with van der Waals surface area (Å²) in [7, 11) is 0. The van der Waals surface area contributed by atoms with Crippen molar-refractivity contribution in [2.75, 3.05) is 19.6 Å². The lowest BCUT2D eigenvalue weighted by Gasteiger charge is -2.26. The predicted octanol–water partition coefficient (Wildman–Crippen LogP) is 2.97. The number of aromatic nitrogens is 3. The zero-order valence-electron chi connectivity index (χ0n) is 26.2. The molecule has 0 radical (unpaired) electrons. The van der Waals surface area contributed by atoms with Crippen LogP contribution in [0.2, 0.25) is 0 Å². The first-order chi connectivity index (χ1) is 21.7. The zero-order chi connectivity index (χ0) is 32.2. The molecular formula is C34H43N7O4. The van der Waals surface area contributed by atoms with Crippen LogP contribution in [-0.2, 0) is 32.1 Å². The number of nitrogens with one attached hydrogen (secondary N) is 3. The second-order valence-corrected chi connectivity index (χ2v) is 11.6. The third kappa shape index (κ3) is 10.1. The van der Waals surface area contributed by atoms with Crippen LogP contribution in [0.1, 0.15) is 61.9 Å². The molecule has 11 heteroatoms. The number of hydrogen-bond acceptors (Lipinski definition) is 6. The van der Waals surface area contributed by atoms with E-state index in [1.165, 1.54) is 10.8 Å². The maximum Gasteiger partial charge on any atom is 0.246 e. The van der Waals surface area contributed by atoms with Crippen molar-refractivity contribution in [1.82, 2.24) is 35.6 Å². The minimum absolute atomic E-state index is 0.0676. The fourth-order valence-corrected chi connectivity index (χ4v) is 5.22. The first kappa shape index (κ1) is 33.1. The van der Waals surface area contributed by atoms with Crippen LogP contribution in [-0.4, -0.2) is 69.0 Å².